The Labute approximate surface area is 72.8 Å². The van der Waals surface area contributed by atoms with Gasteiger partial charge in [0.25, 0.3) is 0 Å². The molecule has 0 aromatic heterocycles. The Balaban J connectivity index is -0.000000000833. The van der Waals surface area contributed by atoms with E-state index in [9.17, 15) is 0 Å². The van der Waals surface area contributed by atoms with E-state index >= 15 is 0 Å². The molecule has 0 spiro atoms. The van der Waals surface area contributed by atoms with Crippen molar-refractivity contribution >= 4 is 0 Å². The zero-order valence-corrected chi connectivity index (χ0v) is 5.54. The van der Waals surface area contributed by atoms with Crippen LogP contribution >= 0.6 is 0 Å². The Morgan fingerprint density at radius 1 is 1.40 bits per heavy atom. The van der Waals surface area contributed by atoms with E-state index in [0.29, 0.717) is 0 Å². The molecule has 1 radical (unpaired) electrons. The molecule has 0 amide bonds. The minimum atomic E-state index is 0. The van der Waals surface area contributed by atoms with Gasteiger partial charge in [0.15, 0.2) is 0 Å². The summed E-state index contributed by atoms with van der Waals surface area (Å²) >= 11 is 2.00. The summed E-state index contributed by atoms with van der Waals surface area (Å²) < 4.78 is 8.00. The van der Waals surface area contributed by atoms with Crippen LogP contribution in [-0.2, 0) is 53.0 Å². The summed E-state index contributed by atoms with van der Waals surface area (Å²) in [6.07, 6.45) is 0. The third-order valence-electron chi connectivity index (χ3n) is 0. The molecule has 0 aliphatic heterocycles. The number of rotatable bonds is 0. The van der Waals surface area contributed by atoms with E-state index in [2.05, 4.69) is 0 Å². The zero-order chi connectivity index (χ0) is 2.00. The quantitative estimate of drug-likeness (QED) is 0.378. The van der Waals surface area contributed by atoms with Crippen LogP contribution in [0.1, 0.15) is 1.43 Å². The first-order valence-electron chi connectivity index (χ1n) is 0.144. The summed E-state index contributed by atoms with van der Waals surface area (Å²) in [5.74, 6) is 0. The molecule has 0 N–H and O–H groups in total. The molecule has 5 heavy (non-hydrogen) atoms. The second-order valence-electron chi connectivity index (χ2n) is 0. The molecule has 5 heteroatoms. The SMILES string of the molecule is [Co].[H-].[Li+].[Ni].[O]=[Fe]. The first-order chi connectivity index (χ1) is 1.00. The van der Waals surface area contributed by atoms with Crippen LogP contribution in [-0.4, -0.2) is 0 Å². The van der Waals surface area contributed by atoms with Gasteiger partial charge in [-0.1, -0.05) is 0 Å². The van der Waals surface area contributed by atoms with Crippen molar-refractivity contribution in [3.8, 4) is 0 Å². The average molecular weight is 197 g/mol. The van der Waals surface area contributed by atoms with Crippen molar-refractivity contribution < 1.29 is 73.3 Å². The number of hydrogen-bond acceptors (Lipinski definition) is 1. The van der Waals surface area contributed by atoms with Gasteiger partial charge in [-0.3, -0.25) is 0 Å². The van der Waals surface area contributed by atoms with Crippen molar-refractivity contribution in [3.63, 3.8) is 0 Å². The van der Waals surface area contributed by atoms with Gasteiger partial charge in [-0.25, -0.2) is 0 Å². The van der Waals surface area contributed by atoms with E-state index in [1.165, 1.54) is 0 Å². The first-order valence-corrected chi connectivity index (χ1v) is 0.595. The van der Waals surface area contributed by atoms with Gasteiger partial charge in [0.1, 0.15) is 0 Å². The number of hydrogen-bond donors (Lipinski definition) is 0. The van der Waals surface area contributed by atoms with Gasteiger partial charge in [0.05, 0.1) is 0 Å². The summed E-state index contributed by atoms with van der Waals surface area (Å²) in [5.41, 5.74) is 0. The molecule has 0 heterocycles. The maximum absolute atomic E-state index is 8.00. The maximum atomic E-state index is 8.00. The van der Waals surface area contributed by atoms with Crippen LogP contribution in [0.25, 0.3) is 0 Å². The van der Waals surface area contributed by atoms with E-state index in [1.54, 1.807) is 0 Å². The van der Waals surface area contributed by atoms with Crippen molar-refractivity contribution in [3.05, 3.63) is 0 Å². The molecule has 0 atom stereocenters. The van der Waals surface area contributed by atoms with Crippen LogP contribution in [0.5, 0.6) is 0 Å². The van der Waals surface area contributed by atoms with E-state index < -0.39 is 0 Å². The van der Waals surface area contributed by atoms with Crippen molar-refractivity contribution in [2.24, 2.45) is 0 Å². The van der Waals surface area contributed by atoms with Crippen molar-refractivity contribution in [2.75, 3.05) is 0 Å². The summed E-state index contributed by atoms with van der Waals surface area (Å²) in [6.45, 7) is 0. The van der Waals surface area contributed by atoms with Gasteiger partial charge in [0.2, 0.25) is 0 Å². The van der Waals surface area contributed by atoms with E-state index in [0.717, 1.165) is 0 Å². The second-order valence-corrected chi connectivity index (χ2v) is 0. The summed E-state index contributed by atoms with van der Waals surface area (Å²) in [4.78, 5) is 0. The average Bonchev–Trinajstić information content (AvgIpc) is 1.00. The normalized spacial score (nSPS) is 1.00. The molecular weight excluding hydrogens is 196 g/mol. The molecule has 0 rings (SSSR count). The van der Waals surface area contributed by atoms with Crippen LogP contribution in [0.15, 0.2) is 0 Å². The van der Waals surface area contributed by atoms with E-state index in [1.807, 2.05) is 15.9 Å². The van der Waals surface area contributed by atoms with Crippen molar-refractivity contribution in [2.45, 2.75) is 0 Å². The van der Waals surface area contributed by atoms with Crippen LogP contribution in [0.3, 0.4) is 0 Å². The summed E-state index contributed by atoms with van der Waals surface area (Å²) in [5, 5.41) is 0. The molecule has 0 saturated heterocycles. The van der Waals surface area contributed by atoms with Crippen LogP contribution in [0.2, 0.25) is 0 Å². The minimum absolute atomic E-state index is 0. The summed E-state index contributed by atoms with van der Waals surface area (Å²) in [6, 6.07) is 0. The first kappa shape index (κ1) is 28.5. The Hall–Kier alpha value is 1.92. The monoisotopic (exact) mass is 197 g/mol. The topological polar surface area (TPSA) is 17.1 Å². The molecule has 35 valence electrons. The molecule has 0 unspecified atom stereocenters. The van der Waals surface area contributed by atoms with Crippen LogP contribution < -0.4 is 18.9 Å². The summed E-state index contributed by atoms with van der Waals surface area (Å²) in [7, 11) is 0. The molecule has 0 aromatic rings. The Kier molecular flexibility index (Phi) is 222. The third-order valence-corrected chi connectivity index (χ3v) is 0. The third kappa shape index (κ3) is 24.7. The Morgan fingerprint density at radius 3 is 1.40 bits per heavy atom. The fourth-order valence-corrected chi connectivity index (χ4v) is 0. The van der Waals surface area contributed by atoms with Gasteiger partial charge in [0, 0.05) is 33.3 Å². The van der Waals surface area contributed by atoms with Gasteiger partial charge in [-0.15, -0.1) is 0 Å². The Morgan fingerprint density at radius 2 is 1.40 bits per heavy atom. The Bertz CT molecular complexity index is 15.5. The molecule has 0 saturated carbocycles. The van der Waals surface area contributed by atoms with Gasteiger partial charge < -0.3 is 1.43 Å². The molecule has 0 bridgehead atoms. The molecule has 1 nitrogen and oxygen atoms in total. The molecule has 0 aliphatic rings. The predicted molar refractivity (Wildman–Crippen MR) is 1.80 cm³/mol. The standard InChI is InChI=1S/Co.Fe.Li.Ni.O.H/q;;+1;;;-1. The van der Waals surface area contributed by atoms with Gasteiger partial charge >= 0.3 is 38.6 Å². The van der Waals surface area contributed by atoms with Gasteiger partial charge in [-0.05, 0) is 0 Å². The molecule has 0 aliphatic carbocycles. The van der Waals surface area contributed by atoms with Crippen LogP contribution in [0.4, 0.5) is 0 Å². The fourth-order valence-electron chi connectivity index (χ4n) is 0. The molecular formula is HCoFeLiNiO. The molecule has 0 fully saturated rings. The fraction of sp³-hybridized carbons (Fsp3) is 0. The predicted octanol–water partition coefficient (Wildman–Crippen LogP) is -3.01. The van der Waals surface area contributed by atoms with E-state index in [4.69, 9.17) is 3.83 Å². The van der Waals surface area contributed by atoms with Gasteiger partial charge in [-0.2, -0.15) is 0 Å². The second kappa shape index (κ2) is 38.9. The molecule has 0 aromatic carbocycles. The van der Waals surface area contributed by atoms with Crippen molar-refractivity contribution in [1.29, 1.82) is 0 Å². The van der Waals surface area contributed by atoms with E-state index in [-0.39, 0.29) is 53.6 Å². The van der Waals surface area contributed by atoms with Crippen molar-refractivity contribution in [1.82, 2.24) is 0 Å². The van der Waals surface area contributed by atoms with Crippen LogP contribution in [0, 0.1) is 0 Å². The zero-order valence-electron chi connectivity index (χ0n) is 3.41.